The topological polar surface area (TPSA) is 186 Å². The van der Waals surface area contributed by atoms with E-state index in [1.807, 2.05) is 52.0 Å². The van der Waals surface area contributed by atoms with E-state index >= 15 is 0 Å². The molecule has 1 fully saturated rings. The highest BCUT2D eigenvalue weighted by molar-refractivity contribution is 6.31. The molecule has 1 saturated heterocycles. The number of fused-ring (bicyclic) bond motifs is 2. The maximum absolute atomic E-state index is 14.5. The maximum Gasteiger partial charge on any atom is 0.255 e. The lowest BCUT2D eigenvalue weighted by Gasteiger charge is -2.23. The Morgan fingerprint density at radius 3 is 2.26 bits per heavy atom. The summed E-state index contributed by atoms with van der Waals surface area (Å²) in [5.74, 6) is -0.0425. The first-order chi connectivity index (χ1) is 33.6. The molecule has 9 rings (SSSR count). The van der Waals surface area contributed by atoms with Gasteiger partial charge in [0.15, 0.2) is 0 Å². The molecule has 0 aliphatic carbocycles. The number of carbonyl (C=O) groups excluding carboxylic acids is 2. The molecule has 2 amide bonds. The van der Waals surface area contributed by atoms with Crippen LogP contribution in [0.25, 0.3) is 22.5 Å². The highest BCUT2D eigenvalue weighted by Crippen LogP contribution is 2.44. The molecular weight excluding hydrogens is 929 g/mol. The summed E-state index contributed by atoms with van der Waals surface area (Å²) in [6, 6.07) is 13.2. The summed E-state index contributed by atoms with van der Waals surface area (Å²) in [7, 11) is 1.59. The lowest BCUT2D eigenvalue weighted by atomic mass is 9.98. The van der Waals surface area contributed by atoms with Gasteiger partial charge in [0.05, 0.1) is 71.7 Å². The average Bonchev–Trinajstić information content (AvgIpc) is 3.91. The molecule has 0 radical (unpaired) electrons. The van der Waals surface area contributed by atoms with Crippen molar-refractivity contribution in [3.05, 3.63) is 118 Å². The van der Waals surface area contributed by atoms with E-state index in [-0.39, 0.29) is 47.7 Å². The van der Waals surface area contributed by atoms with Gasteiger partial charge in [0.25, 0.3) is 11.8 Å². The van der Waals surface area contributed by atoms with E-state index in [2.05, 4.69) is 48.1 Å². The van der Waals surface area contributed by atoms with Crippen molar-refractivity contribution in [3.8, 4) is 34.0 Å². The molecule has 6 aromatic rings. The van der Waals surface area contributed by atoms with E-state index in [9.17, 15) is 22.8 Å². The number of carbonyl (C=O) groups is 2. The molecule has 0 saturated carbocycles. The van der Waals surface area contributed by atoms with Crippen molar-refractivity contribution in [3.63, 3.8) is 0 Å². The summed E-state index contributed by atoms with van der Waals surface area (Å²) in [4.78, 5) is 41.3. The number of aromatic amines is 2. The Balaban J connectivity index is 0.000000188. The lowest BCUT2D eigenvalue weighted by molar-refractivity contribution is -0.101. The largest absolute Gasteiger partial charge is 0.488 e. The molecule has 7 heterocycles. The molecule has 2 aromatic carbocycles. The van der Waals surface area contributed by atoms with Crippen LogP contribution in [0, 0.1) is 12.7 Å². The van der Waals surface area contributed by atoms with Gasteiger partial charge in [-0.25, -0.2) is 13.2 Å². The molecule has 2 unspecified atom stereocenters. The summed E-state index contributed by atoms with van der Waals surface area (Å²) in [6.45, 7) is 12.4. The first-order valence-electron chi connectivity index (χ1n) is 23.0. The second-order valence-electron chi connectivity index (χ2n) is 18.0. The number of halogens is 4. The average molecular weight is 986 g/mol. The van der Waals surface area contributed by atoms with Crippen LogP contribution >= 0.6 is 11.6 Å². The van der Waals surface area contributed by atoms with Gasteiger partial charge in [-0.2, -0.15) is 0 Å². The van der Waals surface area contributed by atoms with Crippen LogP contribution in [0.5, 0.6) is 11.5 Å². The van der Waals surface area contributed by atoms with Crippen molar-refractivity contribution in [1.29, 1.82) is 0 Å². The third-order valence-corrected chi connectivity index (χ3v) is 12.7. The number of nitrogens with zero attached hydrogens (tertiary/aromatic N) is 2. The fraction of sp³-hybridized carbons (Fsp3) is 0.373. The third-order valence-electron chi connectivity index (χ3n) is 12.3. The van der Waals surface area contributed by atoms with Crippen molar-refractivity contribution in [2.45, 2.75) is 77.6 Å². The van der Waals surface area contributed by atoms with Crippen molar-refractivity contribution in [2.75, 3.05) is 57.3 Å². The molecule has 3 aliphatic heterocycles. The van der Waals surface area contributed by atoms with Gasteiger partial charge in [-0.15, -0.1) is 0 Å². The second-order valence-corrected chi connectivity index (χ2v) is 18.4. The molecule has 3 aliphatic rings. The summed E-state index contributed by atoms with van der Waals surface area (Å²) in [5, 5.41) is 13.1. The van der Waals surface area contributed by atoms with Crippen molar-refractivity contribution in [1.82, 2.24) is 30.6 Å². The number of hydrogen-bond acceptors (Lipinski definition) is 11. The van der Waals surface area contributed by atoms with Gasteiger partial charge >= 0.3 is 0 Å². The number of amides is 2. The summed E-state index contributed by atoms with van der Waals surface area (Å²) >= 11 is 6.37. The number of aromatic nitrogens is 4. The molecule has 370 valence electrons. The van der Waals surface area contributed by atoms with Gasteiger partial charge in [-0.05, 0) is 69.7 Å². The highest BCUT2D eigenvalue weighted by atomic mass is 35.5. The van der Waals surface area contributed by atoms with Crippen LogP contribution < -0.4 is 30.7 Å². The molecule has 3 atom stereocenters. The number of nitrogens with one attached hydrogen (secondary N) is 6. The van der Waals surface area contributed by atoms with Crippen LogP contribution in [-0.4, -0.2) is 103 Å². The number of pyridine rings is 2. The molecule has 0 bridgehead atoms. The number of anilines is 4. The quantitative estimate of drug-likeness (QED) is 0.0576. The van der Waals surface area contributed by atoms with E-state index in [0.29, 0.717) is 95.4 Å². The minimum absolute atomic E-state index is 0.108. The van der Waals surface area contributed by atoms with Crippen molar-refractivity contribution < 1.29 is 46.4 Å². The minimum Gasteiger partial charge on any atom is -0.488 e. The van der Waals surface area contributed by atoms with Gasteiger partial charge in [0.2, 0.25) is 6.43 Å². The van der Waals surface area contributed by atoms with Crippen molar-refractivity contribution >= 4 is 46.2 Å². The number of ether oxygens (including phenoxy) is 5. The molecule has 4 aromatic heterocycles. The summed E-state index contributed by atoms with van der Waals surface area (Å²) < 4.78 is 69.8. The fourth-order valence-corrected chi connectivity index (χ4v) is 8.58. The van der Waals surface area contributed by atoms with Crippen LogP contribution in [0.1, 0.15) is 76.8 Å². The molecule has 19 heteroatoms. The fourth-order valence-electron chi connectivity index (χ4n) is 8.40. The zero-order chi connectivity index (χ0) is 49.7. The maximum atomic E-state index is 14.5. The summed E-state index contributed by atoms with van der Waals surface area (Å²) in [5.41, 5.74) is 7.33. The molecule has 15 nitrogen and oxygen atoms in total. The zero-order valence-electron chi connectivity index (χ0n) is 39.7. The Hall–Kier alpha value is -6.60. The second kappa shape index (κ2) is 21.6. The molecular formula is C51H56ClF3N8O7. The number of benzene rings is 2. The predicted molar refractivity (Wildman–Crippen MR) is 261 cm³/mol. The van der Waals surface area contributed by atoms with Crippen LogP contribution in [0.3, 0.4) is 0 Å². The zero-order valence-corrected chi connectivity index (χ0v) is 40.4. The van der Waals surface area contributed by atoms with Crippen LogP contribution in [0.2, 0.25) is 5.02 Å². The van der Waals surface area contributed by atoms with Gasteiger partial charge in [0, 0.05) is 95.3 Å². The predicted octanol–water partition coefficient (Wildman–Crippen LogP) is 9.67. The Morgan fingerprint density at radius 1 is 0.886 bits per heavy atom. The first-order valence-corrected chi connectivity index (χ1v) is 23.3. The molecule has 6 N–H and O–H groups in total. The van der Waals surface area contributed by atoms with Gasteiger partial charge in [0.1, 0.15) is 36.6 Å². The Labute approximate surface area is 408 Å². The van der Waals surface area contributed by atoms with E-state index in [1.165, 1.54) is 12.1 Å². The van der Waals surface area contributed by atoms with Crippen LogP contribution in [0.4, 0.5) is 35.9 Å². The number of hydrogen-bond donors (Lipinski definition) is 6. The van der Waals surface area contributed by atoms with Gasteiger partial charge in [-0.3, -0.25) is 19.6 Å². The SMILES string of the molecule is COC(C)(C)COc1cnccc1-c1[nH]c2c(c1Nc1cccc(F)c1CC(F)F)C(=O)N[C@H](C)C2.Cc1c(Cl)cccc1Nc1c(-c2ccncc2OCC2COCCO2)[nH]c2c1C(=O)NCC2C. The molecule has 0 spiro atoms. The number of rotatable bonds is 15. The minimum atomic E-state index is -2.74. The standard InChI is InChI=1S/C26H29F3N4O3.C25H27ClN4O4/c1-14-10-19-22(25(34)31-14)24(32-18-7-5-6-17(27)16(18)11-21(28)29)23(33-19)15-8-9-30-12-20(15)36-13-26(2,3)35-4;1-14-10-28-25(31)21-22(14)30-23(24(21)29-19-5-3-4-18(26)15(19)2)17-6-7-27-11-20(17)34-13-16-12-32-8-9-33-16/h5-9,12,14,21,32-33H,10-11,13H2,1-4H3,(H,31,34);3-7,11,14,16,29-30H,8-10,12-13H2,1-2H3,(H,28,31)/t14-;/m1./s1. The smallest absolute Gasteiger partial charge is 0.255 e. The van der Waals surface area contributed by atoms with Crippen LogP contribution in [-0.2, 0) is 27.1 Å². The van der Waals surface area contributed by atoms with E-state index in [0.717, 1.165) is 34.3 Å². The van der Waals surface area contributed by atoms with E-state index in [1.54, 1.807) is 38.0 Å². The molecule has 70 heavy (non-hydrogen) atoms. The highest BCUT2D eigenvalue weighted by Gasteiger charge is 2.34. The van der Waals surface area contributed by atoms with Gasteiger partial charge < -0.3 is 54.9 Å². The summed E-state index contributed by atoms with van der Waals surface area (Å²) in [6.07, 6.45) is 3.40. The van der Waals surface area contributed by atoms with Gasteiger partial charge in [-0.1, -0.05) is 30.7 Å². The van der Waals surface area contributed by atoms with Crippen LogP contribution in [0.15, 0.2) is 73.3 Å². The Morgan fingerprint density at radius 2 is 1.56 bits per heavy atom. The van der Waals surface area contributed by atoms with E-state index < -0.39 is 24.3 Å². The first kappa shape index (κ1) is 49.8. The van der Waals surface area contributed by atoms with Crippen molar-refractivity contribution in [2.24, 2.45) is 0 Å². The Kier molecular flexibility index (Phi) is 15.4. The normalized spacial score (nSPS) is 17.7. The number of alkyl halides is 2. The monoisotopic (exact) mass is 984 g/mol. The lowest BCUT2D eigenvalue weighted by Crippen LogP contribution is -2.39. The van der Waals surface area contributed by atoms with E-state index in [4.69, 9.17) is 35.3 Å². The number of methoxy groups -OCH3 is 1. The third kappa shape index (κ3) is 11.0. The number of H-pyrrole nitrogens is 2. The Bertz CT molecular complexity index is 2850.